The van der Waals surface area contributed by atoms with Crippen molar-refractivity contribution < 1.29 is 4.79 Å². The molecule has 0 aromatic rings. The molecule has 0 spiro atoms. The number of carbonyl (C=O) groups is 1. The van der Waals surface area contributed by atoms with Crippen molar-refractivity contribution in [3.8, 4) is 0 Å². The van der Waals surface area contributed by atoms with E-state index in [-0.39, 0.29) is 5.91 Å². The Bertz CT molecular complexity index is 156. The minimum atomic E-state index is 0.0833. The van der Waals surface area contributed by atoms with Crippen LogP contribution in [0.2, 0.25) is 0 Å². The third kappa shape index (κ3) is 0.980. The zero-order valence-electron chi connectivity index (χ0n) is 4.35. The van der Waals surface area contributed by atoms with Crippen LogP contribution in [0.4, 0.5) is 0 Å². The zero-order chi connectivity index (χ0) is 6.15. The van der Waals surface area contributed by atoms with E-state index >= 15 is 0 Å². The summed E-state index contributed by atoms with van der Waals surface area (Å²) in [4.78, 5) is 10.6. The van der Waals surface area contributed by atoms with E-state index in [1.165, 1.54) is 15.8 Å². The fraction of sp³-hybridized carbons (Fsp3) is 0.500. The lowest BCUT2D eigenvalue weighted by molar-refractivity contribution is -0.123. The summed E-state index contributed by atoms with van der Waals surface area (Å²) in [5.41, 5.74) is 0. The first-order chi connectivity index (χ1) is 3.70. The first-order valence-corrected chi connectivity index (χ1v) is 3.31. The van der Waals surface area contributed by atoms with Gasteiger partial charge in [0.05, 0.1) is 7.05 Å². The van der Waals surface area contributed by atoms with Crippen LogP contribution in [0.5, 0.6) is 0 Å². The highest BCUT2D eigenvalue weighted by atomic mass is 35.5. The van der Waals surface area contributed by atoms with Gasteiger partial charge in [-0.3, -0.25) is 4.79 Å². The van der Waals surface area contributed by atoms with Crippen molar-refractivity contribution in [2.75, 3.05) is 7.05 Å². The third-order valence-corrected chi connectivity index (χ3v) is 2.04. The van der Waals surface area contributed by atoms with Crippen molar-refractivity contribution in [3.05, 3.63) is 0 Å². The smallest absolute Gasteiger partial charge is 0.269 e. The maximum absolute atomic E-state index is 10.6. The Morgan fingerprint density at radius 3 is 2.62 bits per heavy atom. The molecule has 1 amide bonds. The molecule has 0 atom stereocenters. The normalized spacial score (nSPS) is 19.5. The topological polar surface area (TPSA) is 20.3 Å². The van der Waals surface area contributed by atoms with Crippen LogP contribution in [0.1, 0.15) is 6.42 Å². The largest absolute Gasteiger partial charge is 0.348 e. The molecule has 1 aliphatic heterocycles. The summed E-state index contributed by atoms with van der Waals surface area (Å²) in [6.07, 6.45) is 0.392. The van der Waals surface area contributed by atoms with E-state index in [1.54, 1.807) is 7.05 Å². The number of nitrogens with zero attached hydrogens (tertiary/aromatic N) is 1. The van der Waals surface area contributed by atoms with Gasteiger partial charge in [0, 0.05) is 0 Å². The van der Waals surface area contributed by atoms with Crippen LogP contribution < -0.4 is 0 Å². The summed E-state index contributed by atoms with van der Waals surface area (Å²) in [6.45, 7) is 0. The summed E-state index contributed by atoms with van der Waals surface area (Å²) in [6, 6.07) is 0. The lowest BCUT2D eigenvalue weighted by Crippen LogP contribution is -2.15. The van der Waals surface area contributed by atoms with E-state index in [0.29, 0.717) is 10.7 Å². The fourth-order valence-electron chi connectivity index (χ4n) is 0.462. The predicted octanol–water partition coefficient (Wildman–Crippen LogP) is 0.215. The van der Waals surface area contributed by atoms with Gasteiger partial charge in [0.1, 0.15) is 6.42 Å². The molecule has 1 heterocycles. The second-order valence-electron chi connectivity index (χ2n) is 1.51. The van der Waals surface area contributed by atoms with Crippen LogP contribution in [-0.4, -0.2) is 21.6 Å². The molecule has 0 aromatic carbocycles. The molecule has 0 aromatic heterocycles. The molecule has 8 heavy (non-hydrogen) atoms. The van der Waals surface area contributed by atoms with Crippen LogP contribution in [-0.2, 0) is 16.3 Å². The minimum absolute atomic E-state index is 0.0833. The van der Waals surface area contributed by atoms with Gasteiger partial charge in [0.2, 0.25) is 0 Å². The maximum Gasteiger partial charge on any atom is 0.348 e. The van der Waals surface area contributed by atoms with Crippen LogP contribution >= 0.6 is 11.6 Å². The number of rotatable bonds is 0. The molecule has 0 radical (unpaired) electrons. The fourth-order valence-corrected chi connectivity index (χ4v) is 1.54. The molecule has 0 aliphatic carbocycles. The third-order valence-electron chi connectivity index (χ3n) is 0.877. The van der Waals surface area contributed by atoms with Crippen molar-refractivity contribution >= 4 is 33.4 Å². The highest BCUT2D eigenvalue weighted by Crippen LogP contribution is 2.04. The molecule has 0 saturated heterocycles. The molecule has 2 nitrogen and oxygen atoms in total. The quantitative estimate of drug-likeness (QED) is 0.209. The predicted molar refractivity (Wildman–Crippen MR) is 35.6 cm³/mol. The number of hydrogen-bond donors (Lipinski definition) is 0. The van der Waals surface area contributed by atoms with E-state index in [4.69, 9.17) is 11.6 Å². The Kier molecular flexibility index (Phi) is 1.49. The summed E-state index contributed by atoms with van der Waals surface area (Å²) in [5.74, 6) is 0.0833. The SMILES string of the molecule is CN1[S+]=C(Cl)CC1=O. The van der Waals surface area contributed by atoms with Gasteiger partial charge in [0.15, 0.2) is 0 Å². The Hall–Kier alpha value is -0.150. The van der Waals surface area contributed by atoms with Crippen molar-refractivity contribution in [1.29, 1.82) is 0 Å². The monoisotopic (exact) mass is 150 g/mol. The van der Waals surface area contributed by atoms with Gasteiger partial charge in [-0.15, -0.1) is 0 Å². The van der Waals surface area contributed by atoms with Crippen molar-refractivity contribution in [2.45, 2.75) is 6.42 Å². The van der Waals surface area contributed by atoms with E-state index in [1.807, 2.05) is 0 Å². The van der Waals surface area contributed by atoms with Gasteiger partial charge < -0.3 is 0 Å². The van der Waals surface area contributed by atoms with Gasteiger partial charge in [-0.25, -0.2) is 0 Å². The molecule has 1 rings (SSSR count). The van der Waals surface area contributed by atoms with E-state index in [0.717, 1.165) is 0 Å². The Balaban J connectivity index is 2.69. The minimum Gasteiger partial charge on any atom is -0.269 e. The molecular weight excluding hydrogens is 146 g/mol. The summed E-state index contributed by atoms with van der Waals surface area (Å²) >= 11 is 6.81. The lowest BCUT2D eigenvalue weighted by Gasteiger charge is -1.85. The molecular formula is C4H5ClNOS+. The number of carbonyl (C=O) groups excluding carboxylic acids is 1. The molecule has 4 heteroatoms. The van der Waals surface area contributed by atoms with Gasteiger partial charge >= 0.3 is 15.9 Å². The highest BCUT2D eigenvalue weighted by molar-refractivity contribution is 7.80. The standard InChI is InChI=1S/C4H5ClNOS/c1-6-4(7)2-3(5)8-6/h2H2,1H3/q+1. The van der Waals surface area contributed by atoms with Gasteiger partial charge in [-0.2, -0.15) is 0 Å². The first kappa shape index (κ1) is 5.98. The number of halogens is 1. The molecule has 0 fully saturated rings. The zero-order valence-corrected chi connectivity index (χ0v) is 5.92. The second kappa shape index (κ2) is 1.99. The van der Waals surface area contributed by atoms with E-state index in [2.05, 4.69) is 0 Å². The van der Waals surface area contributed by atoms with Crippen LogP contribution in [0.3, 0.4) is 0 Å². The van der Waals surface area contributed by atoms with Crippen LogP contribution in [0.15, 0.2) is 0 Å². The Labute approximate surface area is 56.5 Å². The summed E-state index contributed by atoms with van der Waals surface area (Å²) in [7, 11) is 1.71. The molecule has 0 saturated carbocycles. The van der Waals surface area contributed by atoms with Crippen molar-refractivity contribution in [3.63, 3.8) is 0 Å². The molecule has 1 aliphatic rings. The average Bonchev–Trinajstić information content (AvgIpc) is 1.85. The van der Waals surface area contributed by atoms with Gasteiger partial charge in [0.25, 0.3) is 5.91 Å². The summed E-state index contributed by atoms with van der Waals surface area (Å²) in [5, 5.41) is 0. The Morgan fingerprint density at radius 2 is 2.50 bits per heavy atom. The summed E-state index contributed by atoms with van der Waals surface area (Å²) < 4.78 is 2.19. The van der Waals surface area contributed by atoms with Gasteiger partial charge in [-0.05, 0) is 11.6 Å². The van der Waals surface area contributed by atoms with Gasteiger partial charge in [-0.1, -0.05) is 4.31 Å². The number of amides is 1. The average molecular weight is 151 g/mol. The second-order valence-corrected chi connectivity index (χ2v) is 3.42. The molecule has 0 bridgehead atoms. The lowest BCUT2D eigenvalue weighted by atomic mass is 10.5. The van der Waals surface area contributed by atoms with Crippen LogP contribution in [0.25, 0.3) is 0 Å². The first-order valence-electron chi connectivity index (χ1n) is 2.16. The molecule has 0 N–H and O–H groups in total. The Morgan fingerprint density at radius 1 is 1.88 bits per heavy atom. The van der Waals surface area contributed by atoms with Crippen LogP contribution in [0, 0.1) is 0 Å². The maximum atomic E-state index is 10.6. The highest BCUT2D eigenvalue weighted by Gasteiger charge is 2.31. The van der Waals surface area contributed by atoms with Crippen molar-refractivity contribution in [2.24, 2.45) is 0 Å². The molecule has 0 unspecified atom stereocenters. The van der Waals surface area contributed by atoms with E-state index in [9.17, 15) is 4.79 Å². The van der Waals surface area contributed by atoms with Crippen molar-refractivity contribution in [1.82, 2.24) is 4.31 Å². The molecule has 44 valence electrons. The number of hydrogen-bond acceptors (Lipinski definition) is 1. The van der Waals surface area contributed by atoms with E-state index < -0.39 is 0 Å².